The van der Waals surface area contributed by atoms with E-state index >= 15 is 0 Å². The van der Waals surface area contributed by atoms with E-state index in [0.29, 0.717) is 43.9 Å². The molecule has 0 aliphatic carbocycles. The van der Waals surface area contributed by atoms with Gasteiger partial charge in [-0.05, 0) is 46.1 Å². The normalized spacial score (nSPS) is 16.3. The topological polar surface area (TPSA) is 83.7 Å². The molecule has 1 aliphatic rings. The minimum absolute atomic E-state index is 0.0757. The van der Waals surface area contributed by atoms with Crippen LogP contribution >= 0.6 is 0 Å². The molecular weight excluding hydrogens is 390 g/mol. The minimum atomic E-state index is -3.66. The van der Waals surface area contributed by atoms with E-state index in [-0.39, 0.29) is 22.8 Å². The number of hydrogen-bond donors (Lipinski definition) is 0. The predicted molar refractivity (Wildman–Crippen MR) is 110 cm³/mol. The highest BCUT2D eigenvalue weighted by Crippen LogP contribution is 2.29. The summed E-state index contributed by atoms with van der Waals surface area (Å²) in [4.78, 5) is 15.2. The highest BCUT2D eigenvalue weighted by Gasteiger charge is 2.36. The number of amides is 1. The van der Waals surface area contributed by atoms with Gasteiger partial charge in [-0.25, -0.2) is 8.42 Å². The maximum absolute atomic E-state index is 13.2. The first kappa shape index (κ1) is 21.5. The summed E-state index contributed by atoms with van der Waals surface area (Å²) in [7, 11) is -3.66. The second-order valence-electron chi connectivity index (χ2n) is 7.88. The number of rotatable bonds is 6. The van der Waals surface area contributed by atoms with Gasteiger partial charge in [-0.3, -0.25) is 4.79 Å². The van der Waals surface area contributed by atoms with Crippen LogP contribution in [0.4, 0.5) is 0 Å². The maximum atomic E-state index is 13.2. The number of benzene rings is 1. The van der Waals surface area contributed by atoms with Crippen molar-refractivity contribution in [3.8, 4) is 0 Å². The van der Waals surface area contributed by atoms with Gasteiger partial charge < -0.3 is 9.42 Å². The molecule has 0 atom stereocenters. The number of aryl methyl sites for hydroxylation is 2. The molecule has 0 N–H and O–H groups in total. The Morgan fingerprint density at radius 1 is 1.21 bits per heavy atom. The van der Waals surface area contributed by atoms with Crippen molar-refractivity contribution in [3.63, 3.8) is 0 Å². The Kier molecular flexibility index (Phi) is 6.43. The molecule has 0 unspecified atom stereocenters. The summed E-state index contributed by atoms with van der Waals surface area (Å²) in [6, 6.07) is 10.0. The van der Waals surface area contributed by atoms with Crippen molar-refractivity contribution in [2.75, 3.05) is 13.1 Å². The predicted octanol–water partition coefficient (Wildman–Crippen LogP) is 3.13. The van der Waals surface area contributed by atoms with Crippen molar-refractivity contribution in [1.82, 2.24) is 14.4 Å². The van der Waals surface area contributed by atoms with Crippen LogP contribution in [0.25, 0.3) is 0 Å². The highest BCUT2D eigenvalue weighted by atomic mass is 32.2. The third-order valence-corrected chi connectivity index (χ3v) is 7.61. The van der Waals surface area contributed by atoms with Crippen LogP contribution in [0.15, 0.2) is 39.8 Å². The Hall–Kier alpha value is -2.19. The molecule has 8 heteroatoms. The quantitative estimate of drug-likeness (QED) is 0.718. The fourth-order valence-electron chi connectivity index (χ4n) is 3.84. The number of nitrogens with zero attached hydrogens (tertiary/aromatic N) is 3. The molecule has 2 aromatic rings. The van der Waals surface area contributed by atoms with Crippen LogP contribution in [-0.4, -0.2) is 47.8 Å². The van der Waals surface area contributed by atoms with Gasteiger partial charge in [-0.2, -0.15) is 4.31 Å². The molecule has 1 fully saturated rings. The number of carbonyl (C=O) groups is 1. The number of carbonyl (C=O) groups excluding carboxylic acids is 1. The van der Waals surface area contributed by atoms with Crippen LogP contribution in [0.5, 0.6) is 0 Å². The Morgan fingerprint density at radius 2 is 1.83 bits per heavy atom. The number of aromatic nitrogens is 1. The Labute approximate surface area is 172 Å². The van der Waals surface area contributed by atoms with E-state index < -0.39 is 10.0 Å². The standard InChI is InChI=1S/C21H29N3O4S/c1-15(2)24(14-18-8-6-5-7-9-18)21(25)19-10-12-23(13-11-19)29(26,27)20-16(3)22-28-17(20)4/h5-9,15,19H,10-14H2,1-4H3. The first-order chi connectivity index (χ1) is 13.7. The fraction of sp³-hybridized carbons (Fsp3) is 0.524. The maximum Gasteiger partial charge on any atom is 0.248 e. The summed E-state index contributed by atoms with van der Waals surface area (Å²) < 4.78 is 32.4. The van der Waals surface area contributed by atoms with E-state index in [0.717, 1.165) is 5.56 Å². The smallest absolute Gasteiger partial charge is 0.248 e. The Balaban J connectivity index is 1.68. The van der Waals surface area contributed by atoms with E-state index in [9.17, 15) is 13.2 Å². The monoisotopic (exact) mass is 419 g/mol. The van der Waals surface area contributed by atoms with Crippen LogP contribution in [0.3, 0.4) is 0 Å². The third kappa shape index (κ3) is 4.53. The molecule has 0 bridgehead atoms. The van der Waals surface area contributed by atoms with Gasteiger partial charge in [0.15, 0.2) is 5.76 Å². The molecule has 1 aliphatic heterocycles. The summed E-state index contributed by atoms with van der Waals surface area (Å²) in [5.41, 5.74) is 1.46. The second-order valence-corrected chi connectivity index (χ2v) is 9.75. The largest absolute Gasteiger partial charge is 0.360 e. The van der Waals surface area contributed by atoms with Gasteiger partial charge in [0.1, 0.15) is 10.6 Å². The lowest BCUT2D eigenvalue weighted by Crippen LogP contribution is -2.46. The molecule has 29 heavy (non-hydrogen) atoms. The second kappa shape index (κ2) is 8.67. The van der Waals surface area contributed by atoms with Gasteiger partial charge in [0, 0.05) is 31.6 Å². The van der Waals surface area contributed by atoms with Crippen LogP contribution in [0.1, 0.15) is 43.7 Å². The molecule has 1 saturated heterocycles. The Morgan fingerprint density at radius 3 is 2.34 bits per heavy atom. The summed E-state index contributed by atoms with van der Waals surface area (Å²) in [5, 5.41) is 3.76. The van der Waals surface area contributed by atoms with Crippen molar-refractivity contribution in [2.24, 2.45) is 5.92 Å². The van der Waals surface area contributed by atoms with Gasteiger partial charge in [-0.15, -0.1) is 0 Å². The molecule has 158 valence electrons. The van der Waals surface area contributed by atoms with E-state index in [2.05, 4.69) is 5.16 Å². The van der Waals surface area contributed by atoms with Crippen molar-refractivity contribution < 1.29 is 17.7 Å². The van der Waals surface area contributed by atoms with E-state index in [1.54, 1.807) is 13.8 Å². The molecule has 1 amide bonds. The lowest BCUT2D eigenvalue weighted by Gasteiger charge is -2.35. The zero-order chi connectivity index (χ0) is 21.2. The zero-order valence-electron chi connectivity index (χ0n) is 17.5. The average Bonchev–Trinajstić information content (AvgIpc) is 3.05. The van der Waals surface area contributed by atoms with Crippen LogP contribution in [-0.2, 0) is 21.4 Å². The number of piperidine rings is 1. The van der Waals surface area contributed by atoms with Crippen LogP contribution < -0.4 is 0 Å². The fourth-order valence-corrected chi connectivity index (χ4v) is 5.61. The van der Waals surface area contributed by atoms with Crippen molar-refractivity contribution in [1.29, 1.82) is 0 Å². The molecule has 0 radical (unpaired) electrons. The summed E-state index contributed by atoms with van der Waals surface area (Å²) in [5.74, 6) is 0.227. The summed E-state index contributed by atoms with van der Waals surface area (Å²) in [6.45, 7) is 8.46. The van der Waals surface area contributed by atoms with E-state index in [1.807, 2.05) is 49.1 Å². The lowest BCUT2D eigenvalue weighted by molar-refractivity contribution is -0.139. The first-order valence-electron chi connectivity index (χ1n) is 9.99. The lowest BCUT2D eigenvalue weighted by atomic mass is 9.95. The molecule has 3 rings (SSSR count). The van der Waals surface area contributed by atoms with Crippen molar-refractivity contribution >= 4 is 15.9 Å². The average molecular weight is 420 g/mol. The van der Waals surface area contributed by atoms with Crippen LogP contribution in [0, 0.1) is 19.8 Å². The molecule has 0 saturated carbocycles. The highest BCUT2D eigenvalue weighted by molar-refractivity contribution is 7.89. The molecule has 7 nitrogen and oxygen atoms in total. The van der Waals surface area contributed by atoms with Gasteiger partial charge in [-0.1, -0.05) is 35.5 Å². The third-order valence-electron chi connectivity index (χ3n) is 5.47. The van der Waals surface area contributed by atoms with Gasteiger partial charge in [0.25, 0.3) is 0 Å². The molecule has 2 heterocycles. The molecule has 1 aromatic carbocycles. The molecular formula is C21H29N3O4S. The SMILES string of the molecule is Cc1noc(C)c1S(=O)(=O)N1CCC(C(=O)N(Cc2ccccc2)C(C)C)CC1. The number of hydrogen-bond acceptors (Lipinski definition) is 5. The van der Waals surface area contributed by atoms with E-state index in [4.69, 9.17) is 4.52 Å². The minimum Gasteiger partial charge on any atom is -0.360 e. The first-order valence-corrected chi connectivity index (χ1v) is 11.4. The van der Waals surface area contributed by atoms with Crippen molar-refractivity contribution in [2.45, 2.75) is 58.0 Å². The van der Waals surface area contributed by atoms with E-state index in [1.165, 1.54) is 4.31 Å². The molecule has 1 aromatic heterocycles. The number of sulfonamides is 1. The summed E-state index contributed by atoms with van der Waals surface area (Å²) in [6.07, 6.45) is 1.03. The van der Waals surface area contributed by atoms with Gasteiger partial charge in [0.05, 0.1) is 0 Å². The summed E-state index contributed by atoms with van der Waals surface area (Å²) >= 11 is 0. The Bertz CT molecular complexity index is 926. The van der Waals surface area contributed by atoms with Gasteiger partial charge in [0.2, 0.25) is 15.9 Å². The van der Waals surface area contributed by atoms with Gasteiger partial charge >= 0.3 is 0 Å². The van der Waals surface area contributed by atoms with Crippen molar-refractivity contribution in [3.05, 3.63) is 47.3 Å². The molecule has 0 spiro atoms. The zero-order valence-corrected chi connectivity index (χ0v) is 18.3. The van der Waals surface area contributed by atoms with Crippen LogP contribution in [0.2, 0.25) is 0 Å².